The Bertz CT molecular complexity index is 1140. The molecule has 30 heavy (non-hydrogen) atoms. The van der Waals surface area contributed by atoms with E-state index in [0.29, 0.717) is 17.2 Å². The van der Waals surface area contributed by atoms with Gasteiger partial charge in [-0.05, 0) is 48.9 Å². The molecule has 0 bridgehead atoms. The maximum absolute atomic E-state index is 12.4. The molecular formula is C21H26N4O3S2. The molecule has 0 unspecified atom stereocenters. The zero-order chi connectivity index (χ0) is 21.1. The first-order valence-electron chi connectivity index (χ1n) is 10.2. The van der Waals surface area contributed by atoms with Crippen molar-refractivity contribution in [1.29, 1.82) is 0 Å². The van der Waals surface area contributed by atoms with Crippen molar-refractivity contribution in [3.8, 4) is 0 Å². The average molecular weight is 447 g/mol. The first-order valence-corrected chi connectivity index (χ1v) is 12.6. The highest BCUT2D eigenvalue weighted by Gasteiger charge is 2.21. The molecule has 0 saturated carbocycles. The quantitative estimate of drug-likeness (QED) is 0.597. The number of thiophene rings is 1. The summed E-state index contributed by atoms with van der Waals surface area (Å²) in [5, 5.41) is 4.65. The van der Waals surface area contributed by atoms with Gasteiger partial charge in [0.15, 0.2) is 0 Å². The topological polar surface area (TPSA) is 84.3 Å². The van der Waals surface area contributed by atoms with Gasteiger partial charge in [-0.2, -0.15) is 0 Å². The summed E-state index contributed by atoms with van der Waals surface area (Å²) in [5.41, 5.74) is 2.75. The number of amides is 1. The van der Waals surface area contributed by atoms with Crippen LogP contribution < -0.4 is 5.32 Å². The molecule has 0 saturated heterocycles. The van der Waals surface area contributed by atoms with E-state index in [0.717, 1.165) is 35.5 Å². The summed E-state index contributed by atoms with van der Waals surface area (Å²) in [6, 6.07) is 9.16. The third kappa shape index (κ3) is 4.43. The number of rotatable bonds is 7. The van der Waals surface area contributed by atoms with E-state index in [9.17, 15) is 13.2 Å². The van der Waals surface area contributed by atoms with Crippen molar-refractivity contribution in [2.75, 3.05) is 18.9 Å². The smallest absolute Gasteiger partial charge is 0.252 e. The Kier molecular flexibility index (Phi) is 6.21. The van der Waals surface area contributed by atoms with E-state index in [1.54, 1.807) is 24.6 Å². The summed E-state index contributed by atoms with van der Waals surface area (Å²) in [4.78, 5) is 17.1. The van der Waals surface area contributed by atoms with E-state index < -0.39 is 10.0 Å². The lowest BCUT2D eigenvalue weighted by molar-refractivity contribution is -0.116. The minimum absolute atomic E-state index is 0.128. The molecule has 1 aliphatic heterocycles. The van der Waals surface area contributed by atoms with E-state index in [1.165, 1.54) is 34.9 Å². The van der Waals surface area contributed by atoms with Gasteiger partial charge in [-0.15, -0.1) is 11.3 Å². The molecule has 3 aromatic rings. The van der Waals surface area contributed by atoms with Gasteiger partial charge >= 0.3 is 0 Å². The highest BCUT2D eigenvalue weighted by atomic mass is 32.2. The van der Waals surface area contributed by atoms with Crippen molar-refractivity contribution >= 4 is 44.0 Å². The number of anilines is 1. The second kappa shape index (κ2) is 8.87. The number of sulfonamides is 1. The Labute approximate surface area is 180 Å². The number of aryl methyl sites for hydroxylation is 2. The summed E-state index contributed by atoms with van der Waals surface area (Å²) >= 11 is 1.19. The van der Waals surface area contributed by atoms with Gasteiger partial charge in [0.25, 0.3) is 10.0 Å². The molecule has 3 heterocycles. The second-order valence-corrected chi connectivity index (χ2v) is 10.8. The van der Waals surface area contributed by atoms with Crippen molar-refractivity contribution in [2.45, 2.75) is 49.3 Å². The average Bonchev–Trinajstić information content (AvgIpc) is 3.31. The van der Waals surface area contributed by atoms with Crippen LogP contribution in [0.2, 0.25) is 0 Å². The Balaban J connectivity index is 1.33. The standard InChI is InChI=1S/C21H26N4O3S2/c1-24(30(27,28)21-9-6-14-29-21)12-5-8-20(26)22-16-10-11-18-17(15-16)23-19-7-3-2-4-13-25(18)19/h6,9-11,14-15H,2-5,7-8,12-13H2,1H3,(H,22,26). The second-order valence-electron chi connectivity index (χ2n) is 7.60. The van der Waals surface area contributed by atoms with E-state index in [-0.39, 0.29) is 12.3 Å². The van der Waals surface area contributed by atoms with Crippen molar-refractivity contribution in [3.63, 3.8) is 0 Å². The molecule has 160 valence electrons. The summed E-state index contributed by atoms with van der Waals surface area (Å²) in [6.45, 7) is 1.29. The Morgan fingerprint density at radius 2 is 2.13 bits per heavy atom. The van der Waals surface area contributed by atoms with Crippen LogP contribution in [0.15, 0.2) is 39.9 Å². The number of hydrogen-bond donors (Lipinski definition) is 1. The van der Waals surface area contributed by atoms with Gasteiger partial charge in [-0.1, -0.05) is 12.5 Å². The summed E-state index contributed by atoms with van der Waals surface area (Å²) in [5.74, 6) is 0.998. The van der Waals surface area contributed by atoms with Gasteiger partial charge in [0.1, 0.15) is 10.0 Å². The van der Waals surface area contributed by atoms with Crippen molar-refractivity contribution in [3.05, 3.63) is 41.5 Å². The minimum atomic E-state index is -3.47. The zero-order valence-electron chi connectivity index (χ0n) is 17.0. The fourth-order valence-electron chi connectivity index (χ4n) is 3.80. The first-order chi connectivity index (χ1) is 14.4. The zero-order valence-corrected chi connectivity index (χ0v) is 18.6. The normalized spacial score (nSPS) is 14.6. The highest BCUT2D eigenvalue weighted by Crippen LogP contribution is 2.25. The SMILES string of the molecule is CN(CCCC(=O)Nc1ccc2c(c1)nc1n2CCCCC1)S(=O)(=O)c1cccs1. The third-order valence-corrected chi connectivity index (χ3v) is 8.66. The van der Waals surface area contributed by atoms with Crippen LogP contribution in [0, 0.1) is 0 Å². The number of nitrogens with one attached hydrogen (secondary N) is 1. The predicted molar refractivity (Wildman–Crippen MR) is 119 cm³/mol. The number of aromatic nitrogens is 2. The van der Waals surface area contributed by atoms with Gasteiger partial charge in [-0.25, -0.2) is 17.7 Å². The largest absolute Gasteiger partial charge is 0.328 e. The molecule has 1 amide bonds. The Morgan fingerprint density at radius 3 is 2.93 bits per heavy atom. The van der Waals surface area contributed by atoms with Crippen molar-refractivity contribution in [2.24, 2.45) is 0 Å². The van der Waals surface area contributed by atoms with Gasteiger partial charge in [-0.3, -0.25) is 4.79 Å². The van der Waals surface area contributed by atoms with Crippen LogP contribution in [0.4, 0.5) is 5.69 Å². The van der Waals surface area contributed by atoms with Crippen LogP contribution >= 0.6 is 11.3 Å². The number of fused-ring (bicyclic) bond motifs is 3. The van der Waals surface area contributed by atoms with Gasteiger partial charge in [0.05, 0.1) is 11.0 Å². The molecule has 0 spiro atoms. The summed E-state index contributed by atoms with van der Waals surface area (Å²) < 4.78 is 28.7. The van der Waals surface area contributed by atoms with E-state index >= 15 is 0 Å². The molecule has 0 radical (unpaired) electrons. The van der Waals surface area contributed by atoms with Crippen LogP contribution in [0.1, 0.15) is 37.9 Å². The van der Waals surface area contributed by atoms with E-state index in [1.807, 2.05) is 18.2 Å². The van der Waals surface area contributed by atoms with Gasteiger partial charge in [0.2, 0.25) is 5.91 Å². The monoisotopic (exact) mass is 446 g/mol. The minimum Gasteiger partial charge on any atom is -0.328 e. The molecule has 2 aromatic heterocycles. The molecule has 9 heteroatoms. The van der Waals surface area contributed by atoms with Crippen LogP contribution in [0.25, 0.3) is 11.0 Å². The number of carbonyl (C=O) groups is 1. The fourth-order valence-corrected chi connectivity index (χ4v) is 6.21. The molecule has 0 atom stereocenters. The first kappa shape index (κ1) is 21.0. The predicted octanol–water partition coefficient (Wildman–Crippen LogP) is 3.86. The molecule has 1 aliphatic rings. The lowest BCUT2D eigenvalue weighted by atomic mass is 10.2. The van der Waals surface area contributed by atoms with Crippen LogP contribution in [0.3, 0.4) is 0 Å². The third-order valence-electron chi connectivity index (χ3n) is 5.43. The molecular weight excluding hydrogens is 420 g/mol. The molecule has 4 rings (SSSR count). The van der Waals surface area contributed by atoms with Crippen molar-refractivity contribution < 1.29 is 13.2 Å². The van der Waals surface area contributed by atoms with Crippen LogP contribution in [-0.4, -0.2) is 41.8 Å². The van der Waals surface area contributed by atoms with Gasteiger partial charge < -0.3 is 9.88 Å². The van der Waals surface area contributed by atoms with Gasteiger partial charge in [0, 0.05) is 38.7 Å². The number of nitrogens with zero attached hydrogens (tertiary/aromatic N) is 3. The number of hydrogen-bond acceptors (Lipinski definition) is 5. The number of imidazole rings is 1. The highest BCUT2D eigenvalue weighted by molar-refractivity contribution is 7.91. The summed E-state index contributed by atoms with van der Waals surface area (Å²) in [7, 11) is -1.93. The van der Waals surface area contributed by atoms with Crippen molar-refractivity contribution in [1.82, 2.24) is 13.9 Å². The number of benzene rings is 1. The molecule has 7 nitrogen and oxygen atoms in total. The number of carbonyl (C=O) groups excluding carboxylic acids is 1. The maximum atomic E-state index is 12.4. The molecule has 1 N–H and O–H groups in total. The van der Waals surface area contributed by atoms with E-state index in [4.69, 9.17) is 4.98 Å². The maximum Gasteiger partial charge on any atom is 0.252 e. The lowest BCUT2D eigenvalue weighted by Crippen LogP contribution is -2.28. The molecule has 1 aromatic carbocycles. The lowest BCUT2D eigenvalue weighted by Gasteiger charge is -2.15. The Morgan fingerprint density at radius 1 is 1.27 bits per heavy atom. The van der Waals surface area contributed by atoms with Crippen LogP contribution in [0.5, 0.6) is 0 Å². The fraction of sp³-hybridized carbons (Fsp3) is 0.429. The molecule has 0 fully saturated rings. The summed E-state index contributed by atoms with van der Waals surface area (Å²) in [6.07, 6.45) is 5.29. The molecule has 0 aliphatic carbocycles. The Hall–Kier alpha value is -2.23. The van der Waals surface area contributed by atoms with E-state index in [2.05, 4.69) is 9.88 Å². The van der Waals surface area contributed by atoms with Crippen LogP contribution in [-0.2, 0) is 27.8 Å².